The van der Waals surface area contributed by atoms with E-state index < -0.39 is 97.5 Å². The van der Waals surface area contributed by atoms with E-state index in [2.05, 4.69) is 41.5 Å². The van der Waals surface area contributed by atoms with Crippen molar-refractivity contribution in [3.8, 4) is 0 Å². The Balaban J connectivity index is 5.24. The van der Waals surface area contributed by atoms with Gasteiger partial charge in [-0.2, -0.15) is 0 Å². The third-order valence-electron chi connectivity index (χ3n) is 18.6. The molecule has 3 N–H and O–H groups in total. The first-order valence-electron chi connectivity index (χ1n) is 40.5. The summed E-state index contributed by atoms with van der Waals surface area (Å²) in [6.45, 7) is 9.60. The fourth-order valence-corrected chi connectivity index (χ4v) is 13.6. The van der Waals surface area contributed by atoms with Gasteiger partial charge in [0, 0.05) is 25.7 Å². The molecule has 0 rings (SSSR count). The van der Waals surface area contributed by atoms with Crippen molar-refractivity contribution in [1.82, 2.24) is 0 Å². The van der Waals surface area contributed by atoms with Crippen LogP contribution in [0.4, 0.5) is 0 Å². The number of unbranched alkanes of at least 4 members (excludes halogenated alkanes) is 46. The first kappa shape index (κ1) is 95.1. The number of rotatable bonds is 77. The fourth-order valence-electron chi connectivity index (χ4n) is 12.0. The van der Waals surface area contributed by atoms with Crippen molar-refractivity contribution in [2.75, 3.05) is 39.6 Å². The zero-order valence-electron chi connectivity index (χ0n) is 63.4. The monoisotopic (exact) mass is 1420 g/mol. The Morgan fingerprint density at radius 3 is 0.784 bits per heavy atom. The Bertz CT molecular complexity index is 1870. The van der Waals surface area contributed by atoms with E-state index in [9.17, 15) is 43.2 Å². The van der Waals surface area contributed by atoms with E-state index in [4.69, 9.17) is 37.0 Å². The summed E-state index contributed by atoms with van der Waals surface area (Å²) >= 11 is 0. The van der Waals surface area contributed by atoms with Crippen LogP contribution < -0.4 is 0 Å². The number of aliphatic hydroxyl groups excluding tert-OH is 1. The highest BCUT2D eigenvalue weighted by Gasteiger charge is 2.30. The van der Waals surface area contributed by atoms with E-state index in [0.717, 1.165) is 108 Å². The van der Waals surface area contributed by atoms with Crippen LogP contribution in [-0.4, -0.2) is 96.7 Å². The van der Waals surface area contributed by atoms with Crippen molar-refractivity contribution in [2.24, 2.45) is 11.8 Å². The predicted octanol–water partition coefficient (Wildman–Crippen LogP) is 23.1. The van der Waals surface area contributed by atoms with Gasteiger partial charge in [-0.15, -0.1) is 0 Å². The Hall–Kier alpha value is -1.94. The van der Waals surface area contributed by atoms with Crippen LogP contribution in [0.2, 0.25) is 0 Å². The van der Waals surface area contributed by atoms with Crippen LogP contribution in [0.1, 0.15) is 408 Å². The lowest BCUT2D eigenvalue weighted by molar-refractivity contribution is -0.161. The molecule has 0 spiro atoms. The number of esters is 4. The number of carbonyl (C=O) groups is 4. The van der Waals surface area contributed by atoms with Crippen molar-refractivity contribution in [1.29, 1.82) is 0 Å². The minimum absolute atomic E-state index is 0.107. The second-order valence-electron chi connectivity index (χ2n) is 28.8. The van der Waals surface area contributed by atoms with Crippen LogP contribution in [0.15, 0.2) is 0 Å². The van der Waals surface area contributed by atoms with Gasteiger partial charge in [0.15, 0.2) is 12.2 Å². The Kier molecular flexibility index (Phi) is 68.4. The zero-order chi connectivity index (χ0) is 71.4. The van der Waals surface area contributed by atoms with Crippen molar-refractivity contribution in [3.05, 3.63) is 0 Å². The van der Waals surface area contributed by atoms with Gasteiger partial charge in [0.2, 0.25) is 0 Å². The number of hydrogen-bond acceptors (Lipinski definition) is 15. The molecule has 0 amide bonds. The Labute approximate surface area is 594 Å². The standard InChI is InChI=1S/C78H152O17P2/c1-7-10-12-14-16-18-20-22-23-24-25-26-30-35-39-43-51-57-63-77(82)94-73(66-88-75(80)60-54-48-41-37-33-31-27-29-32-36-40-46-52-58-70(4)5)68-92-96(84,85)90-64-72(79)65-91-97(86,87)93-69-74(67-89-76(81)61-55-49-45-44-47-53-59-71(6)9-3)95-78(83)62-56-50-42-38-34-28-21-19-17-15-13-11-8-2/h70-74,79H,7-69H2,1-6H3,(H,84,85)(H,86,87)/t71?,72-,73-,74-/m1/s1. The molecule has 97 heavy (non-hydrogen) atoms. The van der Waals surface area contributed by atoms with E-state index in [-0.39, 0.29) is 25.7 Å². The fraction of sp³-hybridized carbons (Fsp3) is 0.949. The van der Waals surface area contributed by atoms with Gasteiger partial charge in [0.25, 0.3) is 0 Å². The molecule has 0 bridgehead atoms. The van der Waals surface area contributed by atoms with Gasteiger partial charge in [-0.25, -0.2) is 9.13 Å². The van der Waals surface area contributed by atoms with Crippen LogP contribution in [0.25, 0.3) is 0 Å². The molecule has 6 atom stereocenters. The maximum absolute atomic E-state index is 13.1. The normalized spacial score (nSPS) is 14.2. The van der Waals surface area contributed by atoms with Gasteiger partial charge in [-0.05, 0) is 37.5 Å². The highest BCUT2D eigenvalue weighted by molar-refractivity contribution is 7.47. The summed E-state index contributed by atoms with van der Waals surface area (Å²) in [6.07, 6.45) is 58.2. The molecule has 0 radical (unpaired) electrons. The molecule has 3 unspecified atom stereocenters. The zero-order valence-corrected chi connectivity index (χ0v) is 65.2. The minimum atomic E-state index is -4.96. The summed E-state index contributed by atoms with van der Waals surface area (Å²) in [7, 11) is -9.91. The highest BCUT2D eigenvalue weighted by atomic mass is 31.2. The van der Waals surface area contributed by atoms with Gasteiger partial charge < -0.3 is 33.8 Å². The van der Waals surface area contributed by atoms with E-state index >= 15 is 0 Å². The number of phosphoric ester groups is 2. The highest BCUT2D eigenvalue weighted by Crippen LogP contribution is 2.45. The molecule has 0 saturated heterocycles. The van der Waals surface area contributed by atoms with Crippen molar-refractivity contribution < 1.29 is 80.2 Å². The van der Waals surface area contributed by atoms with E-state index in [1.165, 1.54) is 218 Å². The van der Waals surface area contributed by atoms with Gasteiger partial charge in [-0.1, -0.05) is 356 Å². The average Bonchev–Trinajstić information content (AvgIpc) is 1.23. The topological polar surface area (TPSA) is 237 Å². The van der Waals surface area contributed by atoms with Crippen LogP contribution in [0, 0.1) is 11.8 Å². The van der Waals surface area contributed by atoms with Gasteiger partial charge in [-0.3, -0.25) is 37.3 Å². The third kappa shape index (κ3) is 70.9. The summed E-state index contributed by atoms with van der Waals surface area (Å²) < 4.78 is 68.6. The van der Waals surface area contributed by atoms with Crippen LogP contribution in [0.5, 0.6) is 0 Å². The SMILES string of the molecule is CCCCCCCCCCCCCCCCCCCCC(=O)O[C@H](COC(=O)CCCCCCCCCCCCCCCC(C)C)COP(=O)(O)OC[C@@H](O)COP(=O)(O)OC[C@@H](COC(=O)CCCCCCCCC(C)CC)OC(=O)CCCCCCCCCCCCCCC. The summed E-state index contributed by atoms with van der Waals surface area (Å²) in [4.78, 5) is 72.9. The molecule has 0 aliphatic carbocycles. The van der Waals surface area contributed by atoms with Crippen LogP contribution >= 0.6 is 15.6 Å². The van der Waals surface area contributed by atoms with Crippen molar-refractivity contribution >= 4 is 39.5 Å². The molecule has 0 aromatic heterocycles. The molecular weight excluding hydrogens is 1270 g/mol. The number of aliphatic hydroxyl groups is 1. The molecule has 17 nitrogen and oxygen atoms in total. The second-order valence-corrected chi connectivity index (χ2v) is 31.7. The van der Waals surface area contributed by atoms with Crippen molar-refractivity contribution in [3.63, 3.8) is 0 Å². The van der Waals surface area contributed by atoms with Gasteiger partial charge in [0.1, 0.15) is 19.3 Å². The molecule has 19 heteroatoms. The molecule has 0 heterocycles. The lowest BCUT2D eigenvalue weighted by Gasteiger charge is -2.21. The predicted molar refractivity (Wildman–Crippen MR) is 395 cm³/mol. The van der Waals surface area contributed by atoms with Crippen LogP contribution in [0.3, 0.4) is 0 Å². The first-order valence-corrected chi connectivity index (χ1v) is 43.5. The molecule has 0 saturated carbocycles. The molecule has 576 valence electrons. The quantitative estimate of drug-likeness (QED) is 0.0222. The molecule has 0 aliphatic heterocycles. The summed E-state index contributed by atoms with van der Waals surface area (Å²) in [6, 6.07) is 0. The second kappa shape index (κ2) is 69.8. The lowest BCUT2D eigenvalue weighted by Crippen LogP contribution is -2.30. The number of carbonyl (C=O) groups excluding carboxylic acids is 4. The largest absolute Gasteiger partial charge is 0.472 e. The lowest BCUT2D eigenvalue weighted by atomic mass is 10.00. The maximum atomic E-state index is 13.1. The first-order chi connectivity index (χ1) is 46.9. The summed E-state index contributed by atoms with van der Waals surface area (Å²) in [5, 5.41) is 10.6. The number of ether oxygens (including phenoxy) is 4. The number of phosphoric acid groups is 2. The molecule has 0 aromatic rings. The molecule has 0 aromatic carbocycles. The molecule has 0 fully saturated rings. The molecular formula is C78H152O17P2. The van der Waals surface area contributed by atoms with Crippen LogP contribution in [-0.2, 0) is 65.4 Å². The van der Waals surface area contributed by atoms with Gasteiger partial charge >= 0.3 is 39.5 Å². The summed E-state index contributed by atoms with van der Waals surface area (Å²) in [5.74, 6) is -0.590. The average molecular weight is 1420 g/mol. The minimum Gasteiger partial charge on any atom is -0.462 e. The van der Waals surface area contributed by atoms with Crippen molar-refractivity contribution in [2.45, 2.75) is 426 Å². The molecule has 0 aliphatic rings. The van der Waals surface area contributed by atoms with Gasteiger partial charge in [0.05, 0.1) is 26.4 Å². The Morgan fingerprint density at radius 1 is 0.299 bits per heavy atom. The maximum Gasteiger partial charge on any atom is 0.472 e. The van der Waals surface area contributed by atoms with E-state index in [0.29, 0.717) is 25.7 Å². The van der Waals surface area contributed by atoms with E-state index in [1.54, 1.807) is 0 Å². The van der Waals surface area contributed by atoms with E-state index in [1.807, 2.05) is 0 Å². The summed E-state index contributed by atoms with van der Waals surface area (Å²) in [5.41, 5.74) is 0. The Morgan fingerprint density at radius 2 is 0.526 bits per heavy atom. The third-order valence-corrected chi connectivity index (χ3v) is 20.5. The number of hydrogen-bond donors (Lipinski definition) is 3. The smallest absolute Gasteiger partial charge is 0.462 e.